The number of ether oxygens (including phenoxy) is 1. The normalized spacial score (nSPS) is 10.9. The van der Waals surface area contributed by atoms with Gasteiger partial charge in [-0.2, -0.15) is 0 Å². The fourth-order valence-electron chi connectivity index (χ4n) is 2.33. The van der Waals surface area contributed by atoms with E-state index in [0.29, 0.717) is 15.7 Å². The monoisotopic (exact) mass is 347 g/mol. The number of thiophene rings is 1. The highest BCUT2D eigenvalue weighted by atomic mass is 35.5. The molecule has 118 valence electrons. The van der Waals surface area contributed by atoms with E-state index in [0.717, 1.165) is 27.0 Å². The zero-order valence-electron chi connectivity index (χ0n) is 12.6. The molecule has 3 rings (SSSR count). The Labute approximate surface area is 142 Å². The Morgan fingerprint density at radius 1 is 1.39 bits per heavy atom. The summed E-state index contributed by atoms with van der Waals surface area (Å²) >= 11 is 6.97. The second-order valence-electron chi connectivity index (χ2n) is 5.17. The van der Waals surface area contributed by atoms with E-state index in [2.05, 4.69) is 9.97 Å². The molecule has 5 nitrogen and oxygen atoms in total. The minimum Gasteiger partial charge on any atom is -0.457 e. The number of anilines is 1. The van der Waals surface area contributed by atoms with Gasteiger partial charge in [0.25, 0.3) is 0 Å². The Bertz CT molecular complexity index is 890. The van der Waals surface area contributed by atoms with Gasteiger partial charge in [0.05, 0.1) is 5.69 Å². The zero-order chi connectivity index (χ0) is 16.6. The summed E-state index contributed by atoms with van der Waals surface area (Å²) in [7, 11) is 0. The summed E-state index contributed by atoms with van der Waals surface area (Å²) in [5.74, 6) is -0.461. The molecule has 23 heavy (non-hydrogen) atoms. The predicted octanol–water partition coefficient (Wildman–Crippen LogP) is 3.90. The van der Waals surface area contributed by atoms with E-state index >= 15 is 0 Å². The summed E-state index contributed by atoms with van der Waals surface area (Å²) in [4.78, 5) is 21.8. The molecule has 0 amide bonds. The Morgan fingerprint density at radius 3 is 2.87 bits per heavy atom. The topological polar surface area (TPSA) is 78.1 Å². The maximum Gasteiger partial charge on any atom is 0.350 e. The van der Waals surface area contributed by atoms with Crippen LogP contribution in [0.4, 0.5) is 5.69 Å². The van der Waals surface area contributed by atoms with Crippen molar-refractivity contribution in [2.24, 2.45) is 0 Å². The van der Waals surface area contributed by atoms with Gasteiger partial charge in [-0.3, -0.25) is 0 Å². The van der Waals surface area contributed by atoms with Crippen molar-refractivity contribution in [3.8, 4) is 0 Å². The molecule has 0 radical (unpaired) electrons. The number of carbonyl (C=O) groups excluding carboxylic acids is 1. The molecule has 0 spiro atoms. The molecule has 0 aromatic carbocycles. The van der Waals surface area contributed by atoms with Gasteiger partial charge in [-0.25, -0.2) is 14.8 Å². The summed E-state index contributed by atoms with van der Waals surface area (Å²) in [6.45, 7) is 3.98. The van der Waals surface area contributed by atoms with E-state index in [9.17, 15) is 4.79 Å². The first-order chi connectivity index (χ1) is 11.0. The van der Waals surface area contributed by atoms with Crippen LogP contribution < -0.4 is 5.73 Å². The highest BCUT2D eigenvalue weighted by Crippen LogP contribution is 2.35. The fraction of sp³-hybridized carbons (Fsp3) is 0.188. The Balaban J connectivity index is 1.85. The molecule has 0 aliphatic rings. The van der Waals surface area contributed by atoms with Crippen molar-refractivity contribution in [1.29, 1.82) is 0 Å². The van der Waals surface area contributed by atoms with Crippen LogP contribution in [-0.4, -0.2) is 15.9 Å². The number of nitrogen functional groups attached to an aromatic ring is 1. The van der Waals surface area contributed by atoms with Crippen LogP contribution in [-0.2, 0) is 11.3 Å². The van der Waals surface area contributed by atoms with Crippen LogP contribution in [0.15, 0.2) is 24.4 Å². The molecule has 0 unspecified atom stereocenters. The second-order valence-corrected chi connectivity index (χ2v) is 6.56. The van der Waals surface area contributed by atoms with Crippen molar-refractivity contribution in [3.05, 3.63) is 51.2 Å². The Kier molecular flexibility index (Phi) is 4.19. The number of nitrogens with zero attached hydrogens (tertiary/aromatic N) is 2. The van der Waals surface area contributed by atoms with E-state index in [1.165, 1.54) is 11.3 Å². The van der Waals surface area contributed by atoms with Crippen molar-refractivity contribution in [2.45, 2.75) is 20.5 Å². The summed E-state index contributed by atoms with van der Waals surface area (Å²) < 4.78 is 5.32. The van der Waals surface area contributed by atoms with Crippen LogP contribution in [0.5, 0.6) is 0 Å². The van der Waals surface area contributed by atoms with Gasteiger partial charge in [0.2, 0.25) is 0 Å². The first-order valence-electron chi connectivity index (χ1n) is 6.89. The van der Waals surface area contributed by atoms with Crippen molar-refractivity contribution in [3.63, 3.8) is 0 Å². The van der Waals surface area contributed by atoms with Crippen LogP contribution in [0.2, 0.25) is 5.15 Å². The Hall–Kier alpha value is -2.18. The third-order valence-electron chi connectivity index (χ3n) is 3.37. The number of aryl methyl sites for hydroxylation is 2. The van der Waals surface area contributed by atoms with E-state index in [-0.39, 0.29) is 6.61 Å². The minimum atomic E-state index is -0.461. The van der Waals surface area contributed by atoms with Crippen LogP contribution in [0, 0.1) is 13.8 Å². The third-order valence-corrected chi connectivity index (χ3v) is 4.67. The zero-order valence-corrected chi connectivity index (χ0v) is 14.2. The standard InChI is InChI=1S/C16H14ClN3O2S/c1-8-5-9(2)20-15-12(8)13(18)14(23-15)16(21)22-7-10-3-4-11(17)19-6-10/h3-6H,7,18H2,1-2H3. The molecule has 0 aliphatic carbocycles. The van der Waals surface area contributed by atoms with Crippen molar-refractivity contribution in [2.75, 3.05) is 5.73 Å². The smallest absolute Gasteiger partial charge is 0.350 e. The van der Waals surface area contributed by atoms with Gasteiger partial charge in [0, 0.05) is 22.8 Å². The van der Waals surface area contributed by atoms with E-state index in [1.54, 1.807) is 18.3 Å². The van der Waals surface area contributed by atoms with Gasteiger partial charge in [-0.05, 0) is 31.5 Å². The van der Waals surface area contributed by atoms with Crippen LogP contribution in [0.3, 0.4) is 0 Å². The molecule has 0 saturated heterocycles. The van der Waals surface area contributed by atoms with Crippen LogP contribution in [0.25, 0.3) is 10.2 Å². The number of nitrogens with two attached hydrogens (primary N) is 1. The first-order valence-corrected chi connectivity index (χ1v) is 8.09. The van der Waals surface area contributed by atoms with Gasteiger partial charge < -0.3 is 10.5 Å². The number of pyridine rings is 2. The summed E-state index contributed by atoms with van der Waals surface area (Å²) in [5.41, 5.74) is 9.20. The fourth-order valence-corrected chi connectivity index (χ4v) is 3.55. The molecule has 3 aromatic rings. The minimum absolute atomic E-state index is 0.113. The van der Waals surface area contributed by atoms with E-state index in [4.69, 9.17) is 22.1 Å². The largest absolute Gasteiger partial charge is 0.457 e. The maximum absolute atomic E-state index is 12.3. The predicted molar refractivity (Wildman–Crippen MR) is 91.9 cm³/mol. The van der Waals surface area contributed by atoms with Gasteiger partial charge in [-0.15, -0.1) is 11.3 Å². The van der Waals surface area contributed by atoms with Crippen LogP contribution >= 0.6 is 22.9 Å². The molecule has 0 saturated carbocycles. The first kappa shape index (κ1) is 15.7. The molecule has 3 heterocycles. The number of aromatic nitrogens is 2. The van der Waals surface area contributed by atoms with Gasteiger partial charge in [-0.1, -0.05) is 17.7 Å². The summed E-state index contributed by atoms with van der Waals surface area (Å²) in [6.07, 6.45) is 1.57. The number of hydrogen-bond donors (Lipinski definition) is 1. The maximum atomic E-state index is 12.3. The van der Waals surface area contributed by atoms with Gasteiger partial charge >= 0.3 is 5.97 Å². The SMILES string of the molecule is Cc1cc(C)c2c(N)c(C(=O)OCc3ccc(Cl)nc3)sc2n1. The second kappa shape index (κ2) is 6.14. The lowest BCUT2D eigenvalue weighted by molar-refractivity contribution is 0.0479. The van der Waals surface area contributed by atoms with E-state index in [1.807, 2.05) is 19.9 Å². The van der Waals surface area contributed by atoms with Gasteiger partial charge in [0.15, 0.2) is 0 Å². The molecule has 0 bridgehead atoms. The highest BCUT2D eigenvalue weighted by molar-refractivity contribution is 7.21. The Morgan fingerprint density at radius 2 is 2.17 bits per heavy atom. The molecule has 7 heteroatoms. The molecular formula is C16H14ClN3O2S. The third kappa shape index (κ3) is 3.13. The number of halogens is 1. The lowest BCUT2D eigenvalue weighted by Crippen LogP contribution is -2.06. The highest BCUT2D eigenvalue weighted by Gasteiger charge is 2.20. The van der Waals surface area contributed by atoms with Gasteiger partial charge in [0.1, 0.15) is 21.5 Å². The van der Waals surface area contributed by atoms with Crippen LogP contribution in [0.1, 0.15) is 26.5 Å². The molecule has 0 aliphatic heterocycles. The van der Waals surface area contributed by atoms with Crippen molar-refractivity contribution in [1.82, 2.24) is 9.97 Å². The lowest BCUT2D eigenvalue weighted by Gasteiger charge is -2.04. The van der Waals surface area contributed by atoms with E-state index < -0.39 is 5.97 Å². The molecule has 2 N–H and O–H groups in total. The number of hydrogen-bond acceptors (Lipinski definition) is 6. The lowest BCUT2D eigenvalue weighted by atomic mass is 10.1. The molecule has 3 aromatic heterocycles. The average molecular weight is 348 g/mol. The number of fused-ring (bicyclic) bond motifs is 1. The number of esters is 1. The number of rotatable bonds is 3. The summed E-state index contributed by atoms with van der Waals surface area (Å²) in [5, 5.41) is 1.21. The molecule has 0 fully saturated rings. The average Bonchev–Trinajstić information content (AvgIpc) is 2.83. The molecular weight excluding hydrogens is 334 g/mol. The number of carbonyl (C=O) groups is 1. The van der Waals surface area contributed by atoms with Crippen molar-refractivity contribution >= 4 is 44.8 Å². The van der Waals surface area contributed by atoms with Crippen molar-refractivity contribution < 1.29 is 9.53 Å². The quantitative estimate of drug-likeness (QED) is 0.574. The molecule has 0 atom stereocenters. The summed E-state index contributed by atoms with van der Waals surface area (Å²) in [6, 6.07) is 5.35.